The zero-order chi connectivity index (χ0) is 13.9. The molecule has 0 bridgehead atoms. The molecule has 0 spiro atoms. The number of carbonyl (C=O) groups is 1. The summed E-state index contributed by atoms with van der Waals surface area (Å²) in [7, 11) is 0. The molecular formula is C16H21BrN2O. The molecular weight excluding hydrogens is 316 g/mol. The highest BCUT2D eigenvalue weighted by atomic mass is 79.9. The van der Waals surface area contributed by atoms with Gasteiger partial charge in [0, 0.05) is 23.6 Å². The molecule has 2 aliphatic rings. The van der Waals surface area contributed by atoms with Crippen molar-refractivity contribution in [1.82, 2.24) is 10.2 Å². The van der Waals surface area contributed by atoms with Gasteiger partial charge in [0.1, 0.15) is 0 Å². The van der Waals surface area contributed by atoms with E-state index in [9.17, 15) is 4.79 Å². The van der Waals surface area contributed by atoms with Gasteiger partial charge in [0.2, 0.25) is 5.91 Å². The van der Waals surface area contributed by atoms with Crippen LogP contribution in [0.5, 0.6) is 0 Å². The van der Waals surface area contributed by atoms with E-state index >= 15 is 0 Å². The van der Waals surface area contributed by atoms with Crippen LogP contribution in [0.4, 0.5) is 0 Å². The first-order valence-electron chi connectivity index (χ1n) is 7.48. The number of hydrogen-bond acceptors (Lipinski definition) is 2. The summed E-state index contributed by atoms with van der Waals surface area (Å²) in [5, 5.41) is 3.14. The number of rotatable bonds is 4. The van der Waals surface area contributed by atoms with Crippen LogP contribution in [0, 0.1) is 5.92 Å². The van der Waals surface area contributed by atoms with Crippen LogP contribution in [-0.2, 0) is 11.3 Å². The molecule has 3 rings (SSSR count). The smallest absolute Gasteiger partial charge is 0.224 e. The lowest BCUT2D eigenvalue weighted by molar-refractivity contribution is -0.126. The van der Waals surface area contributed by atoms with Gasteiger partial charge in [-0.25, -0.2) is 0 Å². The normalized spacial score (nSPS) is 23.6. The number of nitrogens with one attached hydrogen (secondary N) is 1. The van der Waals surface area contributed by atoms with Gasteiger partial charge in [0.15, 0.2) is 0 Å². The zero-order valence-electron chi connectivity index (χ0n) is 11.6. The lowest BCUT2D eigenvalue weighted by atomic mass is 9.96. The fraction of sp³-hybridized carbons (Fsp3) is 0.562. The Morgan fingerprint density at radius 1 is 1.30 bits per heavy atom. The minimum Gasteiger partial charge on any atom is -0.353 e. The number of likely N-dealkylation sites (tertiary alicyclic amines) is 1. The molecule has 1 aromatic carbocycles. The van der Waals surface area contributed by atoms with E-state index in [4.69, 9.17) is 0 Å². The lowest BCUT2D eigenvalue weighted by Gasteiger charge is -2.32. The summed E-state index contributed by atoms with van der Waals surface area (Å²) < 4.78 is 1.16. The third-order valence-electron chi connectivity index (χ3n) is 4.15. The molecule has 1 saturated heterocycles. The Kier molecular flexibility index (Phi) is 4.41. The Hall–Kier alpha value is -0.870. The van der Waals surface area contributed by atoms with E-state index in [1.54, 1.807) is 0 Å². The van der Waals surface area contributed by atoms with Gasteiger partial charge in [-0.2, -0.15) is 0 Å². The summed E-state index contributed by atoms with van der Waals surface area (Å²) >= 11 is 3.60. The van der Waals surface area contributed by atoms with Crippen LogP contribution in [0.15, 0.2) is 28.7 Å². The molecule has 1 aliphatic heterocycles. The molecule has 0 radical (unpaired) electrons. The minimum absolute atomic E-state index is 0.173. The average Bonchev–Trinajstić information content (AvgIpc) is 3.26. The number of carbonyl (C=O) groups excluding carboxylic acids is 1. The SMILES string of the molecule is O=C(NC1CC1)C1CCCN(Cc2ccccc2Br)C1. The van der Waals surface area contributed by atoms with Crippen LogP contribution >= 0.6 is 15.9 Å². The molecule has 1 unspecified atom stereocenters. The first kappa shape index (κ1) is 14.1. The second kappa shape index (κ2) is 6.27. The van der Waals surface area contributed by atoms with Crippen molar-refractivity contribution in [3.8, 4) is 0 Å². The van der Waals surface area contributed by atoms with Crippen LogP contribution in [-0.4, -0.2) is 29.9 Å². The van der Waals surface area contributed by atoms with Crippen LogP contribution in [0.2, 0.25) is 0 Å². The number of piperidine rings is 1. The number of amides is 1. The van der Waals surface area contributed by atoms with Gasteiger partial charge in [-0.1, -0.05) is 34.1 Å². The Bertz CT molecular complexity index is 487. The molecule has 0 aromatic heterocycles. The molecule has 20 heavy (non-hydrogen) atoms. The Labute approximate surface area is 128 Å². The highest BCUT2D eigenvalue weighted by Gasteiger charge is 2.30. The van der Waals surface area contributed by atoms with Crippen LogP contribution in [0.1, 0.15) is 31.2 Å². The molecule has 1 saturated carbocycles. The molecule has 1 aliphatic carbocycles. The van der Waals surface area contributed by atoms with E-state index in [2.05, 4.69) is 44.3 Å². The largest absolute Gasteiger partial charge is 0.353 e. The summed E-state index contributed by atoms with van der Waals surface area (Å²) in [6.45, 7) is 2.91. The Morgan fingerprint density at radius 3 is 2.85 bits per heavy atom. The monoisotopic (exact) mass is 336 g/mol. The van der Waals surface area contributed by atoms with Gasteiger partial charge >= 0.3 is 0 Å². The maximum atomic E-state index is 12.2. The zero-order valence-corrected chi connectivity index (χ0v) is 13.2. The third kappa shape index (κ3) is 3.61. The molecule has 4 heteroatoms. The summed E-state index contributed by atoms with van der Waals surface area (Å²) in [5.74, 6) is 0.441. The van der Waals surface area contributed by atoms with Gasteiger partial charge in [-0.05, 0) is 43.9 Å². The van der Waals surface area contributed by atoms with Gasteiger partial charge in [0.25, 0.3) is 0 Å². The van der Waals surface area contributed by atoms with E-state index in [1.165, 1.54) is 18.4 Å². The third-order valence-corrected chi connectivity index (χ3v) is 4.93. The van der Waals surface area contributed by atoms with Crippen molar-refractivity contribution in [3.05, 3.63) is 34.3 Å². The summed E-state index contributed by atoms with van der Waals surface area (Å²) in [6, 6.07) is 8.81. The standard InChI is InChI=1S/C16H21BrN2O/c17-15-6-2-1-4-12(15)10-19-9-3-5-13(11-19)16(20)18-14-7-8-14/h1-2,4,6,13-14H,3,5,7-11H2,(H,18,20). The predicted molar refractivity (Wildman–Crippen MR) is 83.3 cm³/mol. The molecule has 1 heterocycles. The van der Waals surface area contributed by atoms with Crippen LogP contribution in [0.25, 0.3) is 0 Å². The van der Waals surface area contributed by atoms with Crippen molar-refractivity contribution in [2.75, 3.05) is 13.1 Å². The van der Waals surface area contributed by atoms with Crippen molar-refractivity contribution < 1.29 is 4.79 Å². The average molecular weight is 337 g/mol. The topological polar surface area (TPSA) is 32.3 Å². The first-order chi connectivity index (χ1) is 9.72. The van der Waals surface area contributed by atoms with Crippen LogP contribution < -0.4 is 5.32 Å². The molecule has 2 fully saturated rings. The van der Waals surface area contributed by atoms with Crippen molar-refractivity contribution in [2.45, 2.75) is 38.3 Å². The summed E-state index contributed by atoms with van der Waals surface area (Å²) in [4.78, 5) is 14.6. The molecule has 3 nitrogen and oxygen atoms in total. The van der Waals surface area contributed by atoms with E-state index in [0.717, 1.165) is 36.9 Å². The van der Waals surface area contributed by atoms with Gasteiger partial charge in [0.05, 0.1) is 5.92 Å². The maximum absolute atomic E-state index is 12.2. The predicted octanol–water partition coefficient (Wildman–Crippen LogP) is 2.94. The molecule has 1 aromatic rings. The van der Waals surface area contributed by atoms with Gasteiger partial charge in [-0.15, -0.1) is 0 Å². The second-order valence-corrected chi connectivity index (χ2v) is 6.80. The Balaban J connectivity index is 1.57. The van der Waals surface area contributed by atoms with Crippen LogP contribution in [0.3, 0.4) is 0 Å². The number of benzene rings is 1. The fourth-order valence-corrected chi connectivity index (χ4v) is 3.24. The second-order valence-electron chi connectivity index (χ2n) is 5.95. The minimum atomic E-state index is 0.173. The van der Waals surface area contributed by atoms with E-state index in [0.29, 0.717) is 6.04 Å². The van der Waals surface area contributed by atoms with E-state index < -0.39 is 0 Å². The van der Waals surface area contributed by atoms with Crippen molar-refractivity contribution in [2.24, 2.45) is 5.92 Å². The van der Waals surface area contributed by atoms with E-state index in [-0.39, 0.29) is 11.8 Å². The maximum Gasteiger partial charge on any atom is 0.224 e. The highest BCUT2D eigenvalue weighted by molar-refractivity contribution is 9.10. The summed E-state index contributed by atoms with van der Waals surface area (Å²) in [5.41, 5.74) is 1.30. The first-order valence-corrected chi connectivity index (χ1v) is 8.28. The van der Waals surface area contributed by atoms with Gasteiger partial charge in [-0.3, -0.25) is 9.69 Å². The van der Waals surface area contributed by atoms with Crippen molar-refractivity contribution in [3.63, 3.8) is 0 Å². The van der Waals surface area contributed by atoms with Crippen molar-refractivity contribution >= 4 is 21.8 Å². The molecule has 1 N–H and O–H groups in total. The van der Waals surface area contributed by atoms with Gasteiger partial charge < -0.3 is 5.32 Å². The number of halogens is 1. The fourth-order valence-electron chi connectivity index (χ4n) is 2.83. The molecule has 1 amide bonds. The number of nitrogens with zero attached hydrogens (tertiary/aromatic N) is 1. The number of hydrogen-bond donors (Lipinski definition) is 1. The molecule has 108 valence electrons. The Morgan fingerprint density at radius 2 is 2.10 bits per heavy atom. The van der Waals surface area contributed by atoms with E-state index in [1.807, 2.05) is 6.07 Å². The molecule has 1 atom stereocenters. The van der Waals surface area contributed by atoms with Crippen molar-refractivity contribution in [1.29, 1.82) is 0 Å². The summed E-state index contributed by atoms with van der Waals surface area (Å²) in [6.07, 6.45) is 4.48. The highest BCUT2D eigenvalue weighted by Crippen LogP contribution is 2.24. The quantitative estimate of drug-likeness (QED) is 0.916. The lowest BCUT2D eigenvalue weighted by Crippen LogP contribution is -2.43.